The second kappa shape index (κ2) is 9.39. The molecule has 1 amide bonds. The maximum Gasteiger partial charge on any atom is 0.232 e. The molecule has 7 nitrogen and oxygen atoms in total. The zero-order valence-electron chi connectivity index (χ0n) is 17.5. The fourth-order valence-corrected chi connectivity index (χ4v) is 3.68. The molecule has 1 saturated heterocycles. The molecule has 0 bridgehead atoms. The summed E-state index contributed by atoms with van der Waals surface area (Å²) in [6, 6.07) is 13.0. The largest absolute Gasteiger partial charge is 0.493 e. The summed E-state index contributed by atoms with van der Waals surface area (Å²) in [5.41, 5.74) is 1.79. The van der Waals surface area contributed by atoms with Crippen LogP contribution in [0.5, 0.6) is 11.5 Å². The van der Waals surface area contributed by atoms with Crippen LogP contribution in [-0.2, 0) is 11.3 Å². The van der Waals surface area contributed by atoms with E-state index in [1.54, 1.807) is 12.0 Å². The Labute approximate surface area is 185 Å². The van der Waals surface area contributed by atoms with Crippen molar-refractivity contribution in [1.82, 2.24) is 15.0 Å². The summed E-state index contributed by atoms with van der Waals surface area (Å²) in [5.74, 6) is 2.15. The number of hydrogen-bond acceptors (Lipinski definition) is 6. The predicted molar refractivity (Wildman–Crippen MR) is 116 cm³/mol. The van der Waals surface area contributed by atoms with Gasteiger partial charge >= 0.3 is 0 Å². The summed E-state index contributed by atoms with van der Waals surface area (Å²) in [5, 5.41) is 4.79. The molecule has 1 fully saturated rings. The molecule has 0 N–H and O–H groups in total. The Hall–Kier alpha value is -3.06. The number of carbonyl (C=O) groups is 1. The van der Waals surface area contributed by atoms with E-state index < -0.39 is 0 Å². The molecule has 1 aliphatic rings. The van der Waals surface area contributed by atoms with Crippen LogP contribution in [0.15, 0.2) is 47.0 Å². The Morgan fingerprint density at radius 3 is 2.74 bits per heavy atom. The number of aromatic nitrogens is 2. The van der Waals surface area contributed by atoms with Gasteiger partial charge in [0.2, 0.25) is 17.6 Å². The van der Waals surface area contributed by atoms with Crippen LogP contribution in [0, 0.1) is 0 Å². The summed E-state index contributed by atoms with van der Waals surface area (Å²) in [6.45, 7) is 3.73. The highest BCUT2D eigenvalue weighted by Gasteiger charge is 2.34. The van der Waals surface area contributed by atoms with Crippen molar-refractivity contribution in [3.8, 4) is 22.9 Å². The Morgan fingerprint density at radius 1 is 1.19 bits per heavy atom. The lowest BCUT2D eigenvalue weighted by Gasteiger charge is -2.16. The van der Waals surface area contributed by atoms with Crippen molar-refractivity contribution in [2.75, 3.05) is 20.3 Å². The predicted octanol–water partition coefficient (Wildman–Crippen LogP) is 4.70. The van der Waals surface area contributed by atoms with Gasteiger partial charge in [0, 0.05) is 30.1 Å². The van der Waals surface area contributed by atoms with E-state index in [2.05, 4.69) is 10.1 Å². The molecule has 0 spiro atoms. The van der Waals surface area contributed by atoms with Crippen LogP contribution in [-0.4, -0.2) is 41.2 Å². The molecule has 4 rings (SSSR count). The Kier molecular flexibility index (Phi) is 6.42. The highest BCUT2D eigenvalue weighted by molar-refractivity contribution is 6.30. The van der Waals surface area contributed by atoms with Crippen LogP contribution in [0.4, 0.5) is 0 Å². The fraction of sp³-hybridized carbons (Fsp3) is 0.348. The van der Waals surface area contributed by atoms with Crippen molar-refractivity contribution in [3.05, 3.63) is 58.9 Å². The number of methoxy groups -OCH3 is 1. The van der Waals surface area contributed by atoms with E-state index in [9.17, 15) is 4.79 Å². The molecule has 162 valence electrons. The molecule has 0 aliphatic carbocycles. The second-order valence-corrected chi connectivity index (χ2v) is 7.91. The van der Waals surface area contributed by atoms with E-state index in [0.29, 0.717) is 54.4 Å². The van der Waals surface area contributed by atoms with E-state index in [4.69, 9.17) is 25.6 Å². The first-order valence-corrected chi connectivity index (χ1v) is 10.6. The molecule has 0 saturated carbocycles. The quantitative estimate of drug-likeness (QED) is 0.504. The van der Waals surface area contributed by atoms with Gasteiger partial charge in [-0.05, 0) is 42.3 Å². The minimum absolute atomic E-state index is 0.0683. The van der Waals surface area contributed by atoms with Gasteiger partial charge in [-0.2, -0.15) is 4.98 Å². The van der Waals surface area contributed by atoms with Crippen molar-refractivity contribution in [2.24, 2.45) is 0 Å². The van der Waals surface area contributed by atoms with E-state index >= 15 is 0 Å². The van der Waals surface area contributed by atoms with E-state index in [1.807, 2.05) is 49.4 Å². The summed E-state index contributed by atoms with van der Waals surface area (Å²) in [6.07, 6.45) is 1.26. The van der Waals surface area contributed by atoms with Crippen LogP contribution >= 0.6 is 11.6 Å². The monoisotopic (exact) mass is 441 g/mol. The maximum atomic E-state index is 12.5. The van der Waals surface area contributed by atoms with Gasteiger partial charge < -0.3 is 18.9 Å². The van der Waals surface area contributed by atoms with Crippen molar-refractivity contribution in [3.63, 3.8) is 0 Å². The van der Waals surface area contributed by atoms with Crippen molar-refractivity contribution < 1.29 is 18.8 Å². The fourth-order valence-electron chi connectivity index (χ4n) is 3.56. The Bertz CT molecular complexity index is 1050. The lowest BCUT2D eigenvalue weighted by atomic mass is 10.1. The molecule has 1 aliphatic heterocycles. The normalized spacial score (nSPS) is 16.0. The van der Waals surface area contributed by atoms with Gasteiger partial charge in [-0.25, -0.2) is 0 Å². The van der Waals surface area contributed by atoms with Crippen LogP contribution < -0.4 is 9.47 Å². The van der Waals surface area contributed by atoms with Crippen LogP contribution in [0.1, 0.15) is 37.1 Å². The van der Waals surface area contributed by atoms with Crippen LogP contribution in [0.3, 0.4) is 0 Å². The lowest BCUT2D eigenvalue weighted by molar-refractivity contribution is -0.128. The highest BCUT2D eigenvalue weighted by atomic mass is 35.5. The first kappa shape index (κ1) is 21.2. The smallest absolute Gasteiger partial charge is 0.232 e. The average molecular weight is 442 g/mol. The summed E-state index contributed by atoms with van der Waals surface area (Å²) in [7, 11) is 1.60. The van der Waals surface area contributed by atoms with Crippen molar-refractivity contribution >= 4 is 17.5 Å². The number of benzene rings is 2. The maximum absolute atomic E-state index is 12.5. The molecule has 8 heteroatoms. The Balaban J connectivity index is 1.46. The summed E-state index contributed by atoms with van der Waals surface area (Å²) < 4.78 is 16.6. The number of likely N-dealkylation sites (tertiary alicyclic amines) is 1. The number of amides is 1. The minimum Gasteiger partial charge on any atom is -0.493 e. The minimum atomic E-state index is -0.130. The molecule has 31 heavy (non-hydrogen) atoms. The number of halogens is 1. The number of carbonyl (C=O) groups excluding carboxylic acids is 1. The van der Waals surface area contributed by atoms with Crippen LogP contribution in [0.2, 0.25) is 5.02 Å². The Morgan fingerprint density at radius 2 is 2.00 bits per heavy atom. The first-order valence-electron chi connectivity index (χ1n) is 10.2. The molecular formula is C23H24ClN3O4. The molecule has 3 aromatic rings. The number of rotatable bonds is 8. The molecule has 1 unspecified atom stereocenters. The molecule has 2 heterocycles. The molecule has 1 aromatic heterocycles. The van der Waals surface area contributed by atoms with Gasteiger partial charge in [0.15, 0.2) is 11.5 Å². The van der Waals surface area contributed by atoms with Crippen molar-refractivity contribution in [1.29, 1.82) is 0 Å². The molecular weight excluding hydrogens is 418 g/mol. The second-order valence-electron chi connectivity index (χ2n) is 7.47. The molecule has 0 radical (unpaired) electrons. The van der Waals surface area contributed by atoms with Gasteiger partial charge in [0.1, 0.15) is 0 Å². The topological polar surface area (TPSA) is 77.7 Å². The zero-order chi connectivity index (χ0) is 21.8. The van der Waals surface area contributed by atoms with Crippen LogP contribution in [0.25, 0.3) is 11.4 Å². The van der Waals surface area contributed by atoms with Gasteiger partial charge in [-0.1, -0.05) is 35.8 Å². The van der Waals surface area contributed by atoms with Gasteiger partial charge in [-0.3, -0.25) is 4.79 Å². The molecule has 2 aromatic carbocycles. The third-order valence-corrected chi connectivity index (χ3v) is 5.43. The van der Waals surface area contributed by atoms with Gasteiger partial charge in [0.25, 0.3) is 0 Å². The lowest BCUT2D eigenvalue weighted by Crippen LogP contribution is -2.24. The van der Waals surface area contributed by atoms with Gasteiger partial charge in [0.05, 0.1) is 19.6 Å². The van der Waals surface area contributed by atoms with E-state index in [1.165, 1.54) is 0 Å². The van der Waals surface area contributed by atoms with Gasteiger partial charge in [-0.15, -0.1) is 0 Å². The first-order chi connectivity index (χ1) is 15.1. The average Bonchev–Trinajstić information content (AvgIpc) is 3.41. The third kappa shape index (κ3) is 4.82. The van der Waals surface area contributed by atoms with E-state index in [-0.39, 0.29) is 11.8 Å². The summed E-state index contributed by atoms with van der Waals surface area (Å²) >= 11 is 5.94. The number of hydrogen-bond donors (Lipinski definition) is 0. The number of nitrogens with zero attached hydrogens (tertiary/aromatic N) is 3. The van der Waals surface area contributed by atoms with Crippen molar-refractivity contribution in [2.45, 2.75) is 32.2 Å². The third-order valence-electron chi connectivity index (χ3n) is 5.18. The molecule has 1 atom stereocenters. The number of ether oxygens (including phenoxy) is 2. The SMILES string of the molecule is CCCOc1ccc(-c2noc(C3CC(=O)N(Cc4ccc(Cl)cc4)C3)n2)cc1OC. The summed E-state index contributed by atoms with van der Waals surface area (Å²) in [4.78, 5) is 18.8. The standard InChI is InChI=1S/C23H24ClN3O4/c1-3-10-30-19-9-6-16(11-20(19)29-2)22-25-23(31-26-22)17-12-21(28)27(14-17)13-15-4-7-18(24)8-5-15/h4-9,11,17H,3,10,12-14H2,1-2H3. The van der Waals surface area contributed by atoms with E-state index in [0.717, 1.165) is 17.5 Å². The highest BCUT2D eigenvalue weighted by Crippen LogP contribution is 2.33. The zero-order valence-corrected chi connectivity index (χ0v) is 18.3.